The van der Waals surface area contributed by atoms with E-state index < -0.39 is 15.8 Å². The molecule has 8 heteroatoms. The highest BCUT2D eigenvalue weighted by molar-refractivity contribution is 9.10. The molecule has 5 nitrogen and oxygen atoms in total. The van der Waals surface area contributed by atoms with Crippen molar-refractivity contribution in [2.24, 2.45) is 0 Å². The Hall–Kier alpha value is -1.67. The van der Waals surface area contributed by atoms with Gasteiger partial charge in [-0.3, -0.25) is 4.72 Å². The Balaban J connectivity index is 2.35. The van der Waals surface area contributed by atoms with Crippen molar-refractivity contribution in [2.45, 2.75) is 11.8 Å². The minimum atomic E-state index is -3.91. The molecule has 0 bridgehead atoms. The molecular weight excluding hydrogens is 349 g/mol. The molecular formula is C12H11BrFN3O2S. The Bertz CT molecular complexity index is 765. The van der Waals surface area contributed by atoms with Crippen LogP contribution in [-0.2, 0) is 10.0 Å². The third kappa shape index (κ3) is 3.07. The highest BCUT2D eigenvalue weighted by atomic mass is 79.9. The second kappa shape index (κ2) is 5.37. The quantitative estimate of drug-likeness (QED) is 0.825. The van der Waals surface area contributed by atoms with E-state index in [1.54, 1.807) is 13.0 Å². The summed E-state index contributed by atoms with van der Waals surface area (Å²) in [6.07, 6.45) is 0. The summed E-state index contributed by atoms with van der Waals surface area (Å²) in [5.41, 5.74) is 5.84. The van der Waals surface area contributed by atoms with Gasteiger partial charge in [-0.1, -0.05) is 0 Å². The number of anilines is 2. The minimum Gasteiger partial charge on any atom is -0.396 e. The first-order chi connectivity index (χ1) is 9.29. The molecule has 0 aliphatic heterocycles. The predicted octanol–water partition coefficient (Wildman–Crippen LogP) is 2.67. The number of halogens is 2. The van der Waals surface area contributed by atoms with Crippen LogP contribution in [0.15, 0.2) is 39.7 Å². The Kier molecular flexibility index (Phi) is 3.96. The van der Waals surface area contributed by atoms with Crippen LogP contribution < -0.4 is 10.5 Å². The maximum atomic E-state index is 13.3. The van der Waals surface area contributed by atoms with Gasteiger partial charge < -0.3 is 5.73 Å². The van der Waals surface area contributed by atoms with Crippen LogP contribution in [0, 0.1) is 12.7 Å². The molecule has 0 spiro atoms. The van der Waals surface area contributed by atoms with Gasteiger partial charge in [0, 0.05) is 4.47 Å². The third-order valence-electron chi connectivity index (χ3n) is 2.54. The zero-order chi connectivity index (χ0) is 14.9. The van der Waals surface area contributed by atoms with Crippen LogP contribution in [0.25, 0.3) is 0 Å². The largest absolute Gasteiger partial charge is 0.396 e. The highest BCUT2D eigenvalue weighted by Gasteiger charge is 2.16. The molecule has 2 rings (SSSR count). The molecule has 0 unspecified atom stereocenters. The van der Waals surface area contributed by atoms with Crippen molar-refractivity contribution < 1.29 is 12.8 Å². The van der Waals surface area contributed by atoms with Crippen molar-refractivity contribution in [1.29, 1.82) is 0 Å². The predicted molar refractivity (Wildman–Crippen MR) is 78.3 cm³/mol. The van der Waals surface area contributed by atoms with Crippen molar-refractivity contribution in [1.82, 2.24) is 4.98 Å². The van der Waals surface area contributed by atoms with Crippen LogP contribution in [-0.4, -0.2) is 13.4 Å². The molecule has 1 aromatic heterocycles. The number of rotatable bonds is 3. The number of pyridine rings is 1. The van der Waals surface area contributed by atoms with Crippen molar-refractivity contribution >= 4 is 37.5 Å². The van der Waals surface area contributed by atoms with E-state index in [0.29, 0.717) is 5.69 Å². The van der Waals surface area contributed by atoms with Crippen molar-refractivity contribution in [3.63, 3.8) is 0 Å². The number of hydrogen-bond donors (Lipinski definition) is 2. The van der Waals surface area contributed by atoms with Crippen LogP contribution in [0.3, 0.4) is 0 Å². The molecule has 106 valence electrons. The summed E-state index contributed by atoms with van der Waals surface area (Å²) in [4.78, 5) is 3.85. The van der Waals surface area contributed by atoms with Gasteiger partial charge in [0.05, 0.1) is 16.3 Å². The summed E-state index contributed by atoms with van der Waals surface area (Å²) in [5.74, 6) is -0.629. The van der Waals surface area contributed by atoms with Gasteiger partial charge in [0.2, 0.25) is 0 Å². The molecule has 0 fully saturated rings. The van der Waals surface area contributed by atoms with Gasteiger partial charge in [0.25, 0.3) is 10.0 Å². The lowest BCUT2D eigenvalue weighted by Crippen LogP contribution is -2.14. The summed E-state index contributed by atoms with van der Waals surface area (Å²) < 4.78 is 40.6. The first-order valence-corrected chi connectivity index (χ1v) is 7.78. The van der Waals surface area contributed by atoms with E-state index in [9.17, 15) is 12.8 Å². The number of benzene rings is 1. The molecule has 0 aliphatic carbocycles. The lowest BCUT2D eigenvalue weighted by atomic mass is 10.3. The molecule has 0 amide bonds. The van der Waals surface area contributed by atoms with Gasteiger partial charge in [0.15, 0.2) is 0 Å². The first kappa shape index (κ1) is 14.7. The molecule has 0 radical (unpaired) electrons. The van der Waals surface area contributed by atoms with Crippen LogP contribution in [0.4, 0.5) is 15.9 Å². The average molecular weight is 360 g/mol. The second-order valence-electron chi connectivity index (χ2n) is 4.05. The van der Waals surface area contributed by atoms with E-state index in [-0.39, 0.29) is 16.4 Å². The summed E-state index contributed by atoms with van der Waals surface area (Å²) in [5, 5.41) is 0. The van der Waals surface area contributed by atoms with Crippen molar-refractivity contribution in [2.75, 3.05) is 10.5 Å². The van der Waals surface area contributed by atoms with Gasteiger partial charge in [-0.05, 0) is 53.2 Å². The Morgan fingerprint density at radius 3 is 2.60 bits per heavy atom. The zero-order valence-electron chi connectivity index (χ0n) is 10.4. The van der Waals surface area contributed by atoms with E-state index in [1.807, 2.05) is 0 Å². The number of nitrogen functional groups attached to an aromatic ring is 1. The number of nitrogens with zero attached hydrogens (tertiary/aromatic N) is 1. The molecule has 1 aromatic carbocycles. The number of nitrogens with one attached hydrogen (secondary N) is 1. The maximum Gasteiger partial charge on any atom is 0.263 e. The number of nitrogens with two attached hydrogens (primary N) is 1. The SMILES string of the molecule is Cc1nc(NS(=O)(=O)c2ccc(N)c(F)c2)ccc1Br. The van der Waals surface area contributed by atoms with Gasteiger partial charge in [-0.25, -0.2) is 17.8 Å². The van der Waals surface area contributed by atoms with Crippen LogP contribution in [0.5, 0.6) is 0 Å². The standard InChI is InChI=1S/C12H11BrFN3O2S/c1-7-9(13)3-5-12(16-7)17-20(18,19)8-2-4-11(15)10(14)6-8/h2-6H,15H2,1H3,(H,16,17). The van der Waals surface area contributed by atoms with Crippen LogP contribution in [0.1, 0.15) is 5.69 Å². The molecule has 0 atom stereocenters. The fourth-order valence-corrected chi connectivity index (χ4v) is 2.71. The number of hydrogen-bond acceptors (Lipinski definition) is 4. The number of aromatic nitrogens is 1. The zero-order valence-corrected chi connectivity index (χ0v) is 12.8. The number of aryl methyl sites for hydroxylation is 1. The third-order valence-corrected chi connectivity index (χ3v) is 4.73. The average Bonchev–Trinajstić information content (AvgIpc) is 2.37. The van der Waals surface area contributed by atoms with Crippen molar-refractivity contribution in [3.05, 3.63) is 46.3 Å². The monoisotopic (exact) mass is 359 g/mol. The normalized spacial score (nSPS) is 11.3. The lowest BCUT2D eigenvalue weighted by molar-refractivity contribution is 0.596. The molecule has 2 aromatic rings. The molecule has 0 saturated carbocycles. The van der Waals surface area contributed by atoms with Gasteiger partial charge >= 0.3 is 0 Å². The Morgan fingerprint density at radius 1 is 1.30 bits per heavy atom. The smallest absolute Gasteiger partial charge is 0.263 e. The Labute approximate surface area is 124 Å². The van der Waals surface area contributed by atoms with E-state index in [4.69, 9.17) is 5.73 Å². The van der Waals surface area contributed by atoms with Crippen LogP contribution >= 0.6 is 15.9 Å². The van der Waals surface area contributed by atoms with Gasteiger partial charge in [0.1, 0.15) is 11.6 Å². The van der Waals surface area contributed by atoms with E-state index in [1.165, 1.54) is 18.2 Å². The lowest BCUT2D eigenvalue weighted by Gasteiger charge is -2.09. The molecule has 3 N–H and O–H groups in total. The molecule has 0 saturated heterocycles. The van der Waals surface area contributed by atoms with Crippen molar-refractivity contribution in [3.8, 4) is 0 Å². The summed E-state index contributed by atoms with van der Waals surface area (Å²) >= 11 is 3.27. The maximum absolute atomic E-state index is 13.3. The minimum absolute atomic E-state index is 0.110. The number of sulfonamides is 1. The fraction of sp³-hybridized carbons (Fsp3) is 0.0833. The molecule has 20 heavy (non-hydrogen) atoms. The Morgan fingerprint density at radius 2 is 2.00 bits per heavy atom. The highest BCUT2D eigenvalue weighted by Crippen LogP contribution is 2.21. The van der Waals surface area contributed by atoms with E-state index >= 15 is 0 Å². The summed E-state index contributed by atoms with van der Waals surface area (Å²) in [7, 11) is -3.91. The summed E-state index contributed by atoms with van der Waals surface area (Å²) in [6, 6.07) is 6.46. The van der Waals surface area contributed by atoms with Crippen LogP contribution in [0.2, 0.25) is 0 Å². The van der Waals surface area contributed by atoms with Gasteiger partial charge in [-0.2, -0.15) is 0 Å². The van der Waals surface area contributed by atoms with E-state index in [2.05, 4.69) is 25.6 Å². The fourth-order valence-electron chi connectivity index (χ4n) is 1.47. The summed E-state index contributed by atoms with van der Waals surface area (Å²) in [6.45, 7) is 1.73. The van der Waals surface area contributed by atoms with Gasteiger partial charge in [-0.15, -0.1) is 0 Å². The first-order valence-electron chi connectivity index (χ1n) is 5.50. The second-order valence-corrected chi connectivity index (χ2v) is 6.59. The van der Waals surface area contributed by atoms with E-state index in [0.717, 1.165) is 10.5 Å². The molecule has 0 aliphatic rings. The topological polar surface area (TPSA) is 85.1 Å². The molecule has 1 heterocycles.